The van der Waals surface area contributed by atoms with E-state index in [4.69, 9.17) is 0 Å². The maximum absolute atomic E-state index is 14.3. The molecule has 0 saturated heterocycles. The lowest BCUT2D eigenvalue weighted by atomic mass is 10.1. The number of rotatable bonds is 10. The zero-order chi connectivity index (χ0) is 23.9. The smallest absolute Gasteiger partial charge is 0.244 e. The summed E-state index contributed by atoms with van der Waals surface area (Å²) in [6.07, 6.45) is 1.74. The molecular weight excluding hydrogens is 433 g/mol. The molecule has 0 aliphatic heterocycles. The first-order valence-electron chi connectivity index (χ1n) is 10.4. The van der Waals surface area contributed by atoms with Gasteiger partial charge in [0.2, 0.25) is 21.8 Å². The topological polar surface area (TPSA) is 86.8 Å². The molecular formula is C23H30FN3O4S. The molecule has 2 rings (SSSR count). The van der Waals surface area contributed by atoms with Gasteiger partial charge in [-0.15, -0.1) is 0 Å². The van der Waals surface area contributed by atoms with Gasteiger partial charge < -0.3 is 10.2 Å². The van der Waals surface area contributed by atoms with Gasteiger partial charge in [0, 0.05) is 18.7 Å². The monoisotopic (exact) mass is 463 g/mol. The van der Waals surface area contributed by atoms with Crippen molar-refractivity contribution < 1.29 is 22.4 Å². The minimum atomic E-state index is -3.80. The summed E-state index contributed by atoms with van der Waals surface area (Å²) in [5.41, 5.74) is 1.29. The van der Waals surface area contributed by atoms with Crippen LogP contribution in [0.4, 0.5) is 10.1 Å². The van der Waals surface area contributed by atoms with Crippen LogP contribution in [0, 0.1) is 12.7 Å². The molecule has 2 aromatic carbocycles. The number of carbonyl (C=O) groups is 2. The predicted octanol–water partition coefficient (Wildman–Crippen LogP) is 2.84. The number of para-hydroxylation sites is 1. The summed E-state index contributed by atoms with van der Waals surface area (Å²) in [6.45, 7) is 4.95. The molecule has 2 aromatic rings. The van der Waals surface area contributed by atoms with Gasteiger partial charge in [0.1, 0.15) is 18.4 Å². The van der Waals surface area contributed by atoms with Gasteiger partial charge in [0.15, 0.2) is 0 Å². The van der Waals surface area contributed by atoms with Gasteiger partial charge >= 0.3 is 0 Å². The van der Waals surface area contributed by atoms with E-state index in [0.717, 1.165) is 17.0 Å². The average molecular weight is 464 g/mol. The lowest BCUT2D eigenvalue weighted by Gasteiger charge is -2.32. The molecule has 0 fully saturated rings. The van der Waals surface area contributed by atoms with Gasteiger partial charge in [-0.2, -0.15) is 0 Å². The van der Waals surface area contributed by atoms with Crippen LogP contribution in [-0.2, 0) is 26.2 Å². The molecule has 0 heterocycles. The summed E-state index contributed by atoms with van der Waals surface area (Å²) in [5, 5.41) is 2.73. The van der Waals surface area contributed by atoms with E-state index in [-0.39, 0.29) is 12.1 Å². The highest BCUT2D eigenvalue weighted by Gasteiger charge is 2.30. The third-order valence-electron chi connectivity index (χ3n) is 5.08. The molecule has 0 unspecified atom stereocenters. The highest BCUT2D eigenvalue weighted by molar-refractivity contribution is 7.92. The summed E-state index contributed by atoms with van der Waals surface area (Å²) < 4.78 is 40.3. The number of nitrogens with zero attached hydrogens (tertiary/aromatic N) is 2. The zero-order valence-corrected chi connectivity index (χ0v) is 19.7. The minimum Gasteiger partial charge on any atom is -0.354 e. The Bertz CT molecular complexity index is 1060. The van der Waals surface area contributed by atoms with Gasteiger partial charge in [0.25, 0.3) is 0 Å². The van der Waals surface area contributed by atoms with Crippen molar-refractivity contribution in [2.24, 2.45) is 0 Å². The molecule has 1 N–H and O–H groups in total. The third kappa shape index (κ3) is 6.53. The maximum Gasteiger partial charge on any atom is 0.244 e. The van der Waals surface area contributed by atoms with Crippen molar-refractivity contribution in [3.8, 4) is 0 Å². The van der Waals surface area contributed by atoms with Crippen LogP contribution in [-0.4, -0.2) is 50.5 Å². The van der Waals surface area contributed by atoms with E-state index in [2.05, 4.69) is 5.32 Å². The molecule has 2 amide bonds. The summed E-state index contributed by atoms with van der Waals surface area (Å²) in [7, 11) is -3.80. The Morgan fingerprint density at radius 2 is 1.72 bits per heavy atom. The number of amides is 2. The summed E-state index contributed by atoms with van der Waals surface area (Å²) in [6, 6.07) is 11.9. The molecule has 0 bridgehead atoms. The standard InChI is InChI=1S/C23H30FN3O4S/c1-5-14-25-23(29)18(3)26(15-19-11-7-8-12-20(19)24)22(28)16-27(32(4,30)31)21-13-9-6-10-17(21)2/h6-13,18H,5,14-16H2,1-4H3,(H,25,29)/t18-/m0/s1. The van der Waals surface area contributed by atoms with Crippen molar-refractivity contribution in [1.82, 2.24) is 10.2 Å². The second-order valence-electron chi connectivity index (χ2n) is 7.64. The fourth-order valence-electron chi connectivity index (χ4n) is 3.23. The first-order valence-corrected chi connectivity index (χ1v) is 12.2. The quantitative estimate of drug-likeness (QED) is 0.587. The molecule has 0 saturated carbocycles. The van der Waals surface area contributed by atoms with E-state index >= 15 is 0 Å². The first-order chi connectivity index (χ1) is 15.1. The van der Waals surface area contributed by atoms with Crippen LogP contribution in [0.2, 0.25) is 0 Å². The Labute approximate surface area is 189 Å². The van der Waals surface area contributed by atoms with Crippen LogP contribution in [0.25, 0.3) is 0 Å². The first kappa shape index (κ1) is 25.3. The van der Waals surface area contributed by atoms with E-state index < -0.39 is 40.2 Å². The molecule has 9 heteroatoms. The number of carbonyl (C=O) groups excluding carboxylic acids is 2. The van der Waals surface area contributed by atoms with Gasteiger partial charge in [0.05, 0.1) is 11.9 Å². The molecule has 0 aliphatic carbocycles. The molecule has 0 aromatic heterocycles. The van der Waals surface area contributed by atoms with Crippen LogP contribution in [0.5, 0.6) is 0 Å². The fraction of sp³-hybridized carbons (Fsp3) is 0.391. The largest absolute Gasteiger partial charge is 0.354 e. The molecule has 32 heavy (non-hydrogen) atoms. The van der Waals surface area contributed by atoms with Crippen molar-refractivity contribution in [3.05, 3.63) is 65.5 Å². The second-order valence-corrected chi connectivity index (χ2v) is 9.54. The van der Waals surface area contributed by atoms with E-state index in [1.54, 1.807) is 44.2 Å². The SMILES string of the molecule is CCCNC(=O)[C@H](C)N(Cc1ccccc1F)C(=O)CN(c1ccccc1C)S(C)(=O)=O. The number of anilines is 1. The number of nitrogens with one attached hydrogen (secondary N) is 1. The van der Waals surface area contributed by atoms with Crippen molar-refractivity contribution in [3.63, 3.8) is 0 Å². The Balaban J connectivity index is 2.40. The van der Waals surface area contributed by atoms with Crippen LogP contribution in [0.15, 0.2) is 48.5 Å². The number of halogens is 1. The summed E-state index contributed by atoms with van der Waals surface area (Å²) in [4.78, 5) is 27.1. The van der Waals surface area contributed by atoms with Gasteiger partial charge in [-0.3, -0.25) is 13.9 Å². The van der Waals surface area contributed by atoms with Crippen molar-refractivity contribution in [1.29, 1.82) is 0 Å². The molecule has 1 atom stereocenters. The Morgan fingerprint density at radius 1 is 1.09 bits per heavy atom. The molecule has 7 nitrogen and oxygen atoms in total. The number of benzene rings is 2. The van der Waals surface area contributed by atoms with Gasteiger partial charge in [-0.25, -0.2) is 12.8 Å². The minimum absolute atomic E-state index is 0.169. The number of hydrogen-bond donors (Lipinski definition) is 1. The predicted molar refractivity (Wildman–Crippen MR) is 123 cm³/mol. The Morgan fingerprint density at radius 3 is 2.31 bits per heavy atom. The third-order valence-corrected chi connectivity index (χ3v) is 6.20. The van der Waals surface area contributed by atoms with E-state index in [0.29, 0.717) is 17.8 Å². The summed E-state index contributed by atoms with van der Waals surface area (Å²) >= 11 is 0. The normalized spacial score (nSPS) is 12.2. The van der Waals surface area contributed by atoms with Crippen molar-refractivity contribution in [2.75, 3.05) is 23.7 Å². The highest BCUT2D eigenvalue weighted by atomic mass is 32.2. The van der Waals surface area contributed by atoms with Crippen molar-refractivity contribution >= 4 is 27.5 Å². The second kappa shape index (κ2) is 11.1. The molecule has 0 aliphatic rings. The number of hydrogen-bond acceptors (Lipinski definition) is 4. The van der Waals surface area contributed by atoms with Crippen LogP contribution < -0.4 is 9.62 Å². The fourth-order valence-corrected chi connectivity index (χ4v) is 4.13. The van der Waals surface area contributed by atoms with Crippen LogP contribution in [0.1, 0.15) is 31.4 Å². The molecule has 0 radical (unpaired) electrons. The van der Waals surface area contributed by atoms with Gasteiger partial charge in [-0.05, 0) is 38.0 Å². The molecule has 174 valence electrons. The maximum atomic E-state index is 14.3. The van der Waals surface area contributed by atoms with E-state index in [9.17, 15) is 22.4 Å². The zero-order valence-electron chi connectivity index (χ0n) is 18.8. The van der Waals surface area contributed by atoms with E-state index in [1.165, 1.54) is 23.1 Å². The summed E-state index contributed by atoms with van der Waals surface area (Å²) in [5.74, 6) is -1.51. The Kier molecular flexibility index (Phi) is 8.77. The lowest BCUT2D eigenvalue weighted by Crippen LogP contribution is -2.51. The van der Waals surface area contributed by atoms with E-state index in [1.807, 2.05) is 6.92 Å². The molecule has 0 spiro atoms. The number of sulfonamides is 1. The highest BCUT2D eigenvalue weighted by Crippen LogP contribution is 2.23. The Hall–Kier alpha value is -2.94. The van der Waals surface area contributed by atoms with Crippen LogP contribution >= 0.6 is 0 Å². The van der Waals surface area contributed by atoms with Crippen LogP contribution in [0.3, 0.4) is 0 Å². The van der Waals surface area contributed by atoms with Crippen molar-refractivity contribution in [2.45, 2.75) is 39.8 Å². The average Bonchev–Trinajstić information content (AvgIpc) is 2.74. The number of aryl methyl sites for hydroxylation is 1. The van der Waals surface area contributed by atoms with Gasteiger partial charge in [-0.1, -0.05) is 43.3 Å². The lowest BCUT2D eigenvalue weighted by molar-refractivity contribution is -0.139.